The highest BCUT2D eigenvalue weighted by atomic mass is 79.9. The van der Waals surface area contributed by atoms with E-state index in [-0.39, 0.29) is 0 Å². The van der Waals surface area contributed by atoms with Crippen LogP contribution in [0, 0.1) is 0 Å². The SMILES string of the molecule is CCOc1cc(CNc2cc(Cl)cc(Cl)c2)cc(Br)c1OCc1ccc(Cl)c(Cl)c1. The zero-order chi connectivity index (χ0) is 21.7. The van der Waals surface area contributed by atoms with Gasteiger partial charge in [0.15, 0.2) is 11.5 Å². The van der Waals surface area contributed by atoms with Crippen LogP contribution in [-0.2, 0) is 13.2 Å². The van der Waals surface area contributed by atoms with Gasteiger partial charge in [-0.1, -0.05) is 52.5 Å². The molecular formula is C22H18BrCl4NO2. The number of halogens is 5. The molecule has 0 radical (unpaired) electrons. The Morgan fingerprint density at radius 1 is 0.833 bits per heavy atom. The van der Waals surface area contributed by atoms with Gasteiger partial charge in [0.25, 0.3) is 0 Å². The first-order valence-electron chi connectivity index (χ1n) is 9.07. The second kappa shape index (κ2) is 10.8. The first-order valence-corrected chi connectivity index (χ1v) is 11.4. The summed E-state index contributed by atoms with van der Waals surface area (Å²) in [5.74, 6) is 1.27. The predicted molar refractivity (Wildman–Crippen MR) is 130 cm³/mol. The molecule has 0 atom stereocenters. The maximum absolute atomic E-state index is 6.09. The van der Waals surface area contributed by atoms with Gasteiger partial charge in [-0.25, -0.2) is 0 Å². The van der Waals surface area contributed by atoms with E-state index in [1.165, 1.54) is 0 Å². The number of nitrogens with one attached hydrogen (secondary N) is 1. The highest BCUT2D eigenvalue weighted by Gasteiger charge is 2.13. The third-order valence-corrected chi connectivity index (χ3v) is 5.86. The van der Waals surface area contributed by atoms with Crippen molar-refractivity contribution >= 4 is 68.0 Å². The van der Waals surface area contributed by atoms with Crippen LogP contribution in [0.1, 0.15) is 18.1 Å². The third kappa shape index (κ3) is 6.35. The van der Waals surface area contributed by atoms with E-state index in [4.69, 9.17) is 55.9 Å². The summed E-state index contributed by atoms with van der Waals surface area (Å²) in [6.07, 6.45) is 0. The Morgan fingerprint density at radius 3 is 2.23 bits per heavy atom. The molecule has 0 aliphatic rings. The molecule has 1 N–H and O–H groups in total. The smallest absolute Gasteiger partial charge is 0.175 e. The van der Waals surface area contributed by atoms with Crippen molar-refractivity contribution in [3.8, 4) is 11.5 Å². The topological polar surface area (TPSA) is 30.5 Å². The van der Waals surface area contributed by atoms with Crippen molar-refractivity contribution < 1.29 is 9.47 Å². The van der Waals surface area contributed by atoms with Crippen LogP contribution < -0.4 is 14.8 Å². The summed E-state index contributed by atoms with van der Waals surface area (Å²) in [4.78, 5) is 0. The van der Waals surface area contributed by atoms with E-state index in [2.05, 4.69) is 21.2 Å². The number of ether oxygens (including phenoxy) is 2. The van der Waals surface area contributed by atoms with E-state index in [1.807, 2.05) is 37.3 Å². The molecule has 0 saturated heterocycles. The van der Waals surface area contributed by atoms with Crippen molar-refractivity contribution in [1.29, 1.82) is 0 Å². The fraction of sp³-hybridized carbons (Fsp3) is 0.182. The van der Waals surface area contributed by atoms with Crippen molar-refractivity contribution in [2.45, 2.75) is 20.1 Å². The molecule has 3 nitrogen and oxygen atoms in total. The molecule has 0 aliphatic heterocycles. The van der Waals surface area contributed by atoms with E-state index >= 15 is 0 Å². The molecule has 0 fully saturated rings. The van der Waals surface area contributed by atoms with E-state index in [0.717, 1.165) is 21.3 Å². The standard InChI is InChI=1S/C22H18BrCl4NO2/c1-2-29-21-7-14(11-28-17-9-15(24)8-16(25)10-17)5-18(23)22(21)30-12-13-3-4-19(26)20(27)6-13/h3-10,28H,2,11-12H2,1H3. The van der Waals surface area contributed by atoms with Gasteiger partial charge < -0.3 is 14.8 Å². The Bertz CT molecular complexity index is 1030. The summed E-state index contributed by atoms with van der Waals surface area (Å²) in [6, 6.07) is 14.7. The summed E-state index contributed by atoms with van der Waals surface area (Å²) >= 11 is 27.8. The van der Waals surface area contributed by atoms with Crippen LogP contribution in [0.2, 0.25) is 20.1 Å². The molecule has 3 aromatic rings. The zero-order valence-electron chi connectivity index (χ0n) is 15.9. The molecule has 8 heteroatoms. The first-order chi connectivity index (χ1) is 14.4. The lowest BCUT2D eigenvalue weighted by Crippen LogP contribution is -2.04. The van der Waals surface area contributed by atoms with E-state index < -0.39 is 0 Å². The van der Waals surface area contributed by atoms with Gasteiger partial charge in [0.1, 0.15) is 6.61 Å². The van der Waals surface area contributed by atoms with Crippen LogP contribution in [0.5, 0.6) is 11.5 Å². The van der Waals surface area contributed by atoms with Crippen molar-refractivity contribution in [3.63, 3.8) is 0 Å². The number of hydrogen-bond donors (Lipinski definition) is 1. The van der Waals surface area contributed by atoms with Gasteiger partial charge in [0.05, 0.1) is 21.1 Å². The average Bonchev–Trinajstić information content (AvgIpc) is 2.68. The normalized spacial score (nSPS) is 10.7. The molecule has 158 valence electrons. The van der Waals surface area contributed by atoms with Gasteiger partial charge in [0, 0.05) is 22.3 Å². The molecule has 0 saturated carbocycles. The summed E-state index contributed by atoms with van der Waals surface area (Å²) in [7, 11) is 0. The monoisotopic (exact) mass is 547 g/mol. The van der Waals surface area contributed by atoms with E-state index in [9.17, 15) is 0 Å². The van der Waals surface area contributed by atoms with E-state index in [0.29, 0.717) is 51.3 Å². The lowest BCUT2D eigenvalue weighted by molar-refractivity contribution is 0.267. The van der Waals surface area contributed by atoms with E-state index in [1.54, 1.807) is 18.2 Å². The third-order valence-electron chi connectivity index (χ3n) is 4.10. The number of hydrogen-bond acceptors (Lipinski definition) is 3. The lowest BCUT2D eigenvalue weighted by Gasteiger charge is -2.16. The van der Waals surface area contributed by atoms with Gasteiger partial charge in [0.2, 0.25) is 0 Å². The molecular weight excluding hydrogens is 532 g/mol. The van der Waals surface area contributed by atoms with Crippen molar-refractivity contribution in [1.82, 2.24) is 0 Å². The molecule has 0 heterocycles. The Balaban J connectivity index is 1.76. The van der Waals surface area contributed by atoms with Gasteiger partial charge in [-0.3, -0.25) is 0 Å². The van der Waals surface area contributed by atoms with Crippen LogP contribution in [0.4, 0.5) is 5.69 Å². The Labute approximate surface area is 204 Å². The lowest BCUT2D eigenvalue weighted by atomic mass is 10.2. The number of rotatable bonds is 8. The molecule has 0 aliphatic carbocycles. The van der Waals surface area contributed by atoms with Crippen molar-refractivity contribution in [3.05, 3.63) is 84.2 Å². The molecule has 0 amide bonds. The molecule has 3 rings (SSSR count). The maximum atomic E-state index is 6.09. The first kappa shape index (κ1) is 23.4. The van der Waals surface area contributed by atoms with Gasteiger partial charge >= 0.3 is 0 Å². The molecule has 3 aromatic carbocycles. The Morgan fingerprint density at radius 2 is 1.57 bits per heavy atom. The highest BCUT2D eigenvalue weighted by molar-refractivity contribution is 9.10. The second-order valence-corrected chi connectivity index (χ2v) is 8.93. The van der Waals surface area contributed by atoms with Crippen molar-refractivity contribution in [2.75, 3.05) is 11.9 Å². The minimum Gasteiger partial charge on any atom is -0.490 e. The highest BCUT2D eigenvalue weighted by Crippen LogP contribution is 2.38. The maximum Gasteiger partial charge on any atom is 0.175 e. The van der Waals surface area contributed by atoms with Crippen LogP contribution in [0.3, 0.4) is 0 Å². The van der Waals surface area contributed by atoms with Crippen molar-refractivity contribution in [2.24, 2.45) is 0 Å². The molecule has 0 spiro atoms. The summed E-state index contributed by atoms with van der Waals surface area (Å²) in [5, 5.41) is 5.47. The number of benzene rings is 3. The zero-order valence-corrected chi connectivity index (χ0v) is 20.6. The minimum absolute atomic E-state index is 0.328. The molecule has 30 heavy (non-hydrogen) atoms. The predicted octanol–water partition coefficient (Wildman–Crippen LogP) is 8.65. The fourth-order valence-electron chi connectivity index (χ4n) is 2.77. The van der Waals surface area contributed by atoms with Gasteiger partial charge in [-0.05, 0) is 76.4 Å². The fourth-order valence-corrected chi connectivity index (χ4v) is 4.22. The summed E-state index contributed by atoms with van der Waals surface area (Å²) in [6.45, 7) is 3.32. The molecule has 0 unspecified atom stereocenters. The molecule has 0 bridgehead atoms. The largest absolute Gasteiger partial charge is 0.490 e. The van der Waals surface area contributed by atoms with Gasteiger partial charge in [-0.15, -0.1) is 0 Å². The summed E-state index contributed by atoms with van der Waals surface area (Å²) < 4.78 is 12.6. The Hall–Kier alpha value is -1.30. The average molecular weight is 550 g/mol. The quantitative estimate of drug-likeness (QED) is 0.305. The minimum atomic E-state index is 0.328. The Kier molecular flexibility index (Phi) is 8.44. The van der Waals surface area contributed by atoms with Crippen LogP contribution >= 0.6 is 62.3 Å². The molecule has 0 aromatic heterocycles. The number of anilines is 1. The second-order valence-electron chi connectivity index (χ2n) is 6.39. The van der Waals surface area contributed by atoms with Crippen LogP contribution in [0.15, 0.2) is 53.0 Å². The van der Waals surface area contributed by atoms with Gasteiger partial charge in [-0.2, -0.15) is 0 Å². The van der Waals surface area contributed by atoms with Crippen LogP contribution in [0.25, 0.3) is 0 Å². The van der Waals surface area contributed by atoms with Crippen LogP contribution in [-0.4, -0.2) is 6.61 Å². The summed E-state index contributed by atoms with van der Waals surface area (Å²) in [5.41, 5.74) is 2.74.